The molecule has 0 unspecified atom stereocenters. The molecule has 3 atom stereocenters. The average molecular weight is 472 g/mol. The minimum absolute atomic E-state index is 0.0790. The first-order chi connectivity index (χ1) is 16.0. The fraction of sp³-hybridized carbons (Fsp3) is 0.208. The number of benzene rings is 2. The molecule has 1 aliphatic rings. The van der Waals surface area contributed by atoms with E-state index in [0.29, 0.717) is 11.1 Å². The van der Waals surface area contributed by atoms with Crippen molar-refractivity contribution in [3.8, 4) is 11.3 Å². The van der Waals surface area contributed by atoms with Crippen molar-refractivity contribution in [2.24, 2.45) is 5.92 Å². The molecule has 3 N–H and O–H groups in total. The number of hydrogen-bond donors (Lipinski definition) is 3. The first-order valence-corrected chi connectivity index (χ1v) is 10.2. The van der Waals surface area contributed by atoms with Gasteiger partial charge in [0.25, 0.3) is 0 Å². The van der Waals surface area contributed by atoms with E-state index < -0.39 is 35.7 Å². The van der Waals surface area contributed by atoms with Crippen LogP contribution in [0.1, 0.15) is 39.4 Å². The van der Waals surface area contributed by atoms with Crippen molar-refractivity contribution in [2.75, 3.05) is 0 Å². The fourth-order valence-electron chi connectivity index (χ4n) is 3.90. The summed E-state index contributed by atoms with van der Waals surface area (Å²) in [5, 5.41) is 14.4. The van der Waals surface area contributed by atoms with Crippen LogP contribution in [-0.2, 0) is 0 Å². The summed E-state index contributed by atoms with van der Waals surface area (Å²) in [6.07, 6.45) is -5.37. The molecule has 1 saturated heterocycles. The van der Waals surface area contributed by atoms with Crippen LogP contribution in [-0.4, -0.2) is 34.6 Å². The maximum absolute atomic E-state index is 14.0. The molecule has 2 amide bonds. The number of aliphatic hydroxyl groups is 1. The van der Waals surface area contributed by atoms with Gasteiger partial charge in [0.1, 0.15) is 23.5 Å². The van der Waals surface area contributed by atoms with Crippen LogP contribution in [0.2, 0.25) is 0 Å². The summed E-state index contributed by atoms with van der Waals surface area (Å²) in [5.74, 6) is -3.29. The molecular weight excluding hydrogens is 453 g/mol. The van der Waals surface area contributed by atoms with Gasteiger partial charge in [-0.25, -0.2) is 4.79 Å². The monoisotopic (exact) mass is 472 g/mol. The van der Waals surface area contributed by atoms with Crippen LogP contribution in [0.5, 0.6) is 0 Å². The predicted octanol–water partition coefficient (Wildman–Crippen LogP) is 4.25. The number of hydrogen-bond acceptors (Lipinski definition) is 5. The summed E-state index contributed by atoms with van der Waals surface area (Å²) in [6.45, 7) is 1.41. The van der Waals surface area contributed by atoms with Gasteiger partial charge in [0.2, 0.25) is 5.72 Å². The normalized spacial score (nSPS) is 22.6. The quantitative estimate of drug-likeness (QED) is 0.481. The number of urea groups is 1. The van der Waals surface area contributed by atoms with Gasteiger partial charge in [-0.05, 0) is 19.1 Å². The van der Waals surface area contributed by atoms with Crippen LogP contribution >= 0.6 is 0 Å². The third-order valence-electron chi connectivity index (χ3n) is 5.66. The molecule has 7 nitrogen and oxygen atoms in total. The predicted molar refractivity (Wildman–Crippen MR) is 114 cm³/mol. The molecule has 2 aromatic carbocycles. The second-order valence-electron chi connectivity index (χ2n) is 7.88. The molecule has 1 aromatic heterocycles. The number of halogens is 3. The van der Waals surface area contributed by atoms with Gasteiger partial charge in [-0.1, -0.05) is 54.6 Å². The molecule has 0 aliphatic carbocycles. The van der Waals surface area contributed by atoms with Gasteiger partial charge < -0.3 is 20.2 Å². The molecule has 0 radical (unpaired) electrons. The highest BCUT2D eigenvalue weighted by atomic mass is 19.4. The van der Waals surface area contributed by atoms with Crippen molar-refractivity contribution in [2.45, 2.75) is 24.9 Å². The zero-order valence-corrected chi connectivity index (χ0v) is 17.7. The smallest absolute Gasteiger partial charge is 0.437 e. The van der Waals surface area contributed by atoms with E-state index in [4.69, 9.17) is 4.42 Å². The molecule has 0 bridgehead atoms. The van der Waals surface area contributed by atoms with E-state index in [1.54, 1.807) is 30.3 Å². The number of rotatable bonds is 5. The van der Waals surface area contributed by atoms with Crippen LogP contribution in [0.3, 0.4) is 0 Å². The summed E-state index contributed by atoms with van der Waals surface area (Å²) in [5.41, 5.74) is -2.94. The van der Waals surface area contributed by atoms with Crippen LogP contribution in [0.25, 0.3) is 11.3 Å². The van der Waals surface area contributed by atoms with Crippen LogP contribution in [0.4, 0.5) is 18.0 Å². The molecule has 1 aliphatic heterocycles. The lowest BCUT2D eigenvalue weighted by atomic mass is 9.79. The molecule has 1 fully saturated rings. The number of carbonyl (C=O) groups is 3. The number of nitrogens with one attached hydrogen (secondary N) is 2. The van der Waals surface area contributed by atoms with Crippen molar-refractivity contribution in [3.63, 3.8) is 0 Å². The second-order valence-corrected chi connectivity index (χ2v) is 7.88. The van der Waals surface area contributed by atoms with Crippen molar-refractivity contribution < 1.29 is 37.1 Å². The number of alkyl halides is 3. The zero-order chi connectivity index (χ0) is 24.7. The molecule has 3 aromatic rings. The molecule has 0 spiro atoms. The number of amides is 2. The highest BCUT2D eigenvalue weighted by molar-refractivity contribution is 6.00. The van der Waals surface area contributed by atoms with E-state index in [-0.39, 0.29) is 22.9 Å². The maximum Gasteiger partial charge on any atom is 0.437 e. The van der Waals surface area contributed by atoms with Crippen LogP contribution in [0.15, 0.2) is 71.1 Å². The Bertz CT molecular complexity index is 1240. The average Bonchev–Trinajstić information content (AvgIpc) is 3.28. The Morgan fingerprint density at radius 2 is 1.62 bits per heavy atom. The molecule has 2 heterocycles. The van der Waals surface area contributed by atoms with Gasteiger partial charge in [-0.15, -0.1) is 0 Å². The van der Waals surface area contributed by atoms with E-state index in [2.05, 4.69) is 5.32 Å². The lowest BCUT2D eigenvalue weighted by Gasteiger charge is -2.44. The van der Waals surface area contributed by atoms with Gasteiger partial charge >= 0.3 is 12.2 Å². The van der Waals surface area contributed by atoms with E-state index >= 15 is 0 Å². The minimum atomic E-state index is -5.37. The summed E-state index contributed by atoms with van der Waals surface area (Å²) in [4.78, 5) is 36.8. The lowest BCUT2D eigenvalue weighted by molar-refractivity contribution is -0.288. The number of furan rings is 1. The number of Topliss-reactive ketones (excluding diaryl/α,β-unsaturated/α-hetero) is 2. The highest BCUT2D eigenvalue weighted by Gasteiger charge is 2.66. The Labute approximate surface area is 191 Å². The second kappa shape index (κ2) is 8.45. The van der Waals surface area contributed by atoms with Gasteiger partial charge in [0.05, 0.1) is 0 Å². The van der Waals surface area contributed by atoms with Crippen LogP contribution in [0, 0.1) is 5.92 Å². The molecule has 0 saturated carbocycles. The summed E-state index contributed by atoms with van der Waals surface area (Å²) >= 11 is 0. The van der Waals surface area contributed by atoms with Crippen molar-refractivity contribution in [1.29, 1.82) is 0 Å². The van der Waals surface area contributed by atoms with Gasteiger partial charge in [-0.3, -0.25) is 9.59 Å². The van der Waals surface area contributed by atoms with E-state index in [1.165, 1.54) is 48.6 Å². The Morgan fingerprint density at radius 1 is 0.971 bits per heavy atom. The zero-order valence-electron chi connectivity index (χ0n) is 17.7. The van der Waals surface area contributed by atoms with Gasteiger partial charge in [0.15, 0.2) is 11.6 Å². The minimum Gasteiger partial charge on any atom is -0.459 e. The molecular formula is C24H19F3N2O5. The number of carbonyl (C=O) groups excluding carboxylic acids is 3. The lowest BCUT2D eigenvalue weighted by Crippen LogP contribution is -2.72. The van der Waals surface area contributed by atoms with E-state index in [1.807, 2.05) is 0 Å². The van der Waals surface area contributed by atoms with Crippen molar-refractivity contribution in [3.05, 3.63) is 83.6 Å². The van der Waals surface area contributed by atoms with Crippen molar-refractivity contribution >= 4 is 17.6 Å². The Hall–Kier alpha value is -3.92. The van der Waals surface area contributed by atoms with E-state index in [9.17, 15) is 32.7 Å². The van der Waals surface area contributed by atoms with E-state index in [0.717, 1.165) is 0 Å². The van der Waals surface area contributed by atoms with Gasteiger partial charge in [0, 0.05) is 16.7 Å². The number of ketones is 2. The molecule has 176 valence electrons. The largest absolute Gasteiger partial charge is 0.459 e. The molecule has 10 heteroatoms. The fourth-order valence-corrected chi connectivity index (χ4v) is 3.90. The van der Waals surface area contributed by atoms with Crippen molar-refractivity contribution in [1.82, 2.24) is 10.6 Å². The molecule has 4 rings (SSSR count). The summed E-state index contributed by atoms with van der Waals surface area (Å²) in [6, 6.07) is 13.3. The highest BCUT2D eigenvalue weighted by Crippen LogP contribution is 2.44. The molecule has 34 heavy (non-hydrogen) atoms. The third kappa shape index (κ3) is 4.08. The maximum atomic E-state index is 14.0. The third-order valence-corrected chi connectivity index (χ3v) is 5.66. The Kier molecular flexibility index (Phi) is 5.78. The summed E-state index contributed by atoms with van der Waals surface area (Å²) in [7, 11) is 0. The first-order valence-electron chi connectivity index (χ1n) is 10.2. The first kappa shape index (κ1) is 23.2. The SMILES string of the molecule is CC(=O)c1ccc(-c2ccc([C@@H]3NC(=O)N[C@@](O)(C(F)(F)F)[C@@H]3C(=O)c3ccccc3)o2)cc1. The Balaban J connectivity index is 1.77. The summed E-state index contributed by atoms with van der Waals surface area (Å²) < 4.78 is 47.7. The van der Waals surface area contributed by atoms with Gasteiger partial charge in [-0.2, -0.15) is 13.2 Å². The Morgan fingerprint density at radius 3 is 2.21 bits per heavy atom. The topological polar surface area (TPSA) is 109 Å². The standard InChI is InChI=1S/C24H19F3N2O5/c1-13(30)14-7-9-15(10-8-14)17-11-12-18(34-17)20-19(21(31)16-5-3-2-4-6-16)23(33,24(25,26)27)29-22(32)28-20/h2-12,19-20,33H,1H3,(H2,28,29,32)/t19-,20-,23-/m0/s1. The van der Waals surface area contributed by atoms with Crippen LogP contribution < -0.4 is 10.6 Å².